The van der Waals surface area contributed by atoms with Crippen LogP contribution in [0.25, 0.3) is 0 Å². The number of benzene rings is 2. The number of amides is 1. The Morgan fingerprint density at radius 2 is 1.68 bits per heavy atom. The minimum absolute atomic E-state index is 0.0104. The van der Waals surface area contributed by atoms with Crippen molar-refractivity contribution in [2.24, 2.45) is 0 Å². The Balaban J connectivity index is 1.47. The average molecular weight is 381 g/mol. The van der Waals surface area contributed by atoms with Gasteiger partial charge >= 0.3 is 0 Å². The highest BCUT2D eigenvalue weighted by atomic mass is 19.1. The second kappa shape index (κ2) is 7.92. The number of aryl methyl sites for hydroxylation is 1. The van der Waals surface area contributed by atoms with Gasteiger partial charge in [-0.25, -0.2) is 4.39 Å². The van der Waals surface area contributed by atoms with Gasteiger partial charge in [0.15, 0.2) is 0 Å². The molecule has 4 nitrogen and oxygen atoms in total. The van der Waals surface area contributed by atoms with Crippen LogP contribution in [0.1, 0.15) is 36.2 Å². The largest absolute Gasteiger partial charge is 0.369 e. The third-order valence-corrected chi connectivity index (χ3v) is 5.93. The van der Waals surface area contributed by atoms with Crippen molar-refractivity contribution in [2.75, 3.05) is 42.5 Å². The van der Waals surface area contributed by atoms with Gasteiger partial charge in [-0.1, -0.05) is 0 Å². The van der Waals surface area contributed by atoms with Crippen LogP contribution in [0.3, 0.4) is 0 Å². The fourth-order valence-electron chi connectivity index (χ4n) is 4.24. The maximum atomic E-state index is 13.5. The maximum absolute atomic E-state index is 13.5. The smallest absolute Gasteiger partial charge is 0.258 e. The van der Waals surface area contributed by atoms with Gasteiger partial charge in [-0.05, 0) is 74.7 Å². The maximum Gasteiger partial charge on any atom is 0.258 e. The third-order valence-electron chi connectivity index (χ3n) is 5.93. The normalized spacial score (nSPS) is 17.7. The van der Waals surface area contributed by atoms with E-state index >= 15 is 0 Å². The van der Waals surface area contributed by atoms with E-state index in [-0.39, 0.29) is 11.7 Å². The molecule has 2 heterocycles. The Bertz CT molecular complexity index is 841. The lowest BCUT2D eigenvalue weighted by atomic mass is 10.0. The van der Waals surface area contributed by atoms with Crippen LogP contribution < -0.4 is 9.80 Å². The number of fused-ring (bicyclic) bond motifs is 1. The Kier molecular flexibility index (Phi) is 5.36. The molecule has 4 rings (SSSR count). The summed E-state index contributed by atoms with van der Waals surface area (Å²) >= 11 is 0. The van der Waals surface area contributed by atoms with Crippen molar-refractivity contribution in [1.29, 1.82) is 0 Å². The third kappa shape index (κ3) is 3.76. The van der Waals surface area contributed by atoms with Crippen molar-refractivity contribution in [3.8, 4) is 0 Å². The van der Waals surface area contributed by atoms with Crippen molar-refractivity contribution in [3.05, 3.63) is 59.4 Å². The summed E-state index contributed by atoms with van der Waals surface area (Å²) in [4.78, 5) is 19.7. The van der Waals surface area contributed by atoms with E-state index in [1.165, 1.54) is 11.8 Å². The Morgan fingerprint density at radius 3 is 2.36 bits per heavy atom. The van der Waals surface area contributed by atoms with Gasteiger partial charge in [-0.15, -0.1) is 0 Å². The van der Waals surface area contributed by atoms with E-state index in [0.717, 1.165) is 50.3 Å². The second-order valence-corrected chi connectivity index (χ2v) is 8.00. The Labute approximate surface area is 166 Å². The molecule has 0 N–H and O–H groups in total. The number of carbonyl (C=O) groups is 1. The Morgan fingerprint density at radius 1 is 0.964 bits per heavy atom. The minimum atomic E-state index is -0.241. The van der Waals surface area contributed by atoms with Crippen molar-refractivity contribution in [3.63, 3.8) is 0 Å². The molecule has 1 amide bonds. The molecule has 5 heteroatoms. The highest BCUT2D eigenvalue weighted by Gasteiger charge is 2.24. The van der Waals surface area contributed by atoms with Gasteiger partial charge < -0.3 is 9.80 Å². The SMILES string of the molecule is CC(C)N1CCN(c2ccc(C(=O)N3CCCc4cc(F)ccc43)cc2)CC1. The first kappa shape index (κ1) is 18.9. The van der Waals surface area contributed by atoms with Crippen molar-refractivity contribution in [2.45, 2.75) is 32.7 Å². The van der Waals surface area contributed by atoms with Crippen LogP contribution in [-0.4, -0.2) is 49.6 Å². The number of rotatable bonds is 3. The molecule has 0 aromatic heterocycles. The number of anilines is 2. The summed E-state index contributed by atoms with van der Waals surface area (Å²) in [7, 11) is 0. The molecule has 1 fully saturated rings. The molecule has 2 aromatic rings. The molecule has 2 aliphatic heterocycles. The van der Waals surface area contributed by atoms with Crippen molar-refractivity contribution >= 4 is 17.3 Å². The summed E-state index contributed by atoms with van der Waals surface area (Å²) in [5.41, 5.74) is 3.61. The lowest BCUT2D eigenvalue weighted by Crippen LogP contribution is -2.48. The summed E-state index contributed by atoms with van der Waals surface area (Å²) in [6, 6.07) is 13.2. The summed E-state index contributed by atoms with van der Waals surface area (Å²) in [5, 5.41) is 0. The highest BCUT2D eigenvalue weighted by molar-refractivity contribution is 6.06. The predicted molar refractivity (Wildman–Crippen MR) is 112 cm³/mol. The van der Waals surface area contributed by atoms with E-state index in [2.05, 4.69) is 23.6 Å². The van der Waals surface area contributed by atoms with Crippen LogP contribution in [-0.2, 0) is 6.42 Å². The van der Waals surface area contributed by atoms with Crippen LogP contribution in [0, 0.1) is 5.82 Å². The van der Waals surface area contributed by atoms with Crippen LogP contribution in [0.2, 0.25) is 0 Å². The lowest BCUT2D eigenvalue weighted by molar-refractivity contribution is 0.0985. The zero-order valence-corrected chi connectivity index (χ0v) is 16.7. The molecule has 28 heavy (non-hydrogen) atoms. The standard InChI is InChI=1S/C23H28FN3O/c1-17(2)25-12-14-26(15-13-25)21-8-5-18(6-9-21)23(28)27-11-3-4-19-16-20(24)7-10-22(19)27/h5-10,16-17H,3-4,11-15H2,1-2H3. The summed E-state index contributed by atoms with van der Waals surface area (Å²) in [5.74, 6) is -0.251. The molecular formula is C23H28FN3O. The lowest BCUT2D eigenvalue weighted by Gasteiger charge is -2.38. The van der Waals surface area contributed by atoms with Gasteiger partial charge in [-0.2, -0.15) is 0 Å². The quantitative estimate of drug-likeness (QED) is 0.806. The summed E-state index contributed by atoms with van der Waals surface area (Å²) < 4.78 is 13.5. The van der Waals surface area contributed by atoms with E-state index in [4.69, 9.17) is 0 Å². The molecule has 1 saturated heterocycles. The Hall–Kier alpha value is -2.40. The minimum Gasteiger partial charge on any atom is -0.369 e. The number of hydrogen-bond acceptors (Lipinski definition) is 3. The molecule has 0 radical (unpaired) electrons. The van der Waals surface area contributed by atoms with E-state index in [0.29, 0.717) is 18.2 Å². The number of piperazine rings is 1. The number of hydrogen-bond donors (Lipinski definition) is 0. The van der Waals surface area contributed by atoms with Gasteiger partial charge in [0.2, 0.25) is 0 Å². The number of halogens is 1. The van der Waals surface area contributed by atoms with E-state index in [9.17, 15) is 9.18 Å². The van der Waals surface area contributed by atoms with Crippen LogP contribution in [0.4, 0.5) is 15.8 Å². The monoisotopic (exact) mass is 381 g/mol. The van der Waals surface area contributed by atoms with Gasteiger partial charge in [0.25, 0.3) is 5.91 Å². The topological polar surface area (TPSA) is 26.8 Å². The second-order valence-electron chi connectivity index (χ2n) is 8.00. The first-order valence-corrected chi connectivity index (χ1v) is 10.2. The van der Waals surface area contributed by atoms with Gasteiger partial charge in [0.05, 0.1) is 0 Å². The zero-order valence-electron chi connectivity index (χ0n) is 16.7. The number of nitrogens with zero attached hydrogens (tertiary/aromatic N) is 3. The van der Waals surface area contributed by atoms with E-state index < -0.39 is 0 Å². The van der Waals surface area contributed by atoms with Crippen LogP contribution in [0.5, 0.6) is 0 Å². The average Bonchev–Trinajstić information content (AvgIpc) is 2.73. The van der Waals surface area contributed by atoms with Gasteiger partial charge in [0.1, 0.15) is 5.82 Å². The van der Waals surface area contributed by atoms with E-state index in [1.54, 1.807) is 17.0 Å². The summed E-state index contributed by atoms with van der Waals surface area (Å²) in [6.45, 7) is 9.31. The van der Waals surface area contributed by atoms with Crippen molar-refractivity contribution < 1.29 is 9.18 Å². The molecule has 148 valence electrons. The fourth-order valence-corrected chi connectivity index (χ4v) is 4.24. The fraction of sp³-hybridized carbons (Fsp3) is 0.435. The molecule has 0 atom stereocenters. The molecular weight excluding hydrogens is 353 g/mol. The molecule has 0 aliphatic carbocycles. The molecule has 2 aromatic carbocycles. The molecule has 0 bridgehead atoms. The molecule has 2 aliphatic rings. The van der Waals surface area contributed by atoms with E-state index in [1.807, 2.05) is 24.3 Å². The zero-order chi connectivity index (χ0) is 19.7. The van der Waals surface area contributed by atoms with Crippen LogP contribution in [0.15, 0.2) is 42.5 Å². The van der Waals surface area contributed by atoms with Gasteiger partial charge in [-0.3, -0.25) is 9.69 Å². The molecule has 0 saturated carbocycles. The highest BCUT2D eigenvalue weighted by Crippen LogP contribution is 2.29. The number of carbonyl (C=O) groups excluding carboxylic acids is 1. The predicted octanol–water partition coefficient (Wildman–Crippen LogP) is 3.95. The molecule has 0 unspecified atom stereocenters. The first-order chi connectivity index (χ1) is 13.5. The van der Waals surface area contributed by atoms with Gasteiger partial charge in [0, 0.05) is 55.7 Å². The molecule has 0 spiro atoms. The summed E-state index contributed by atoms with van der Waals surface area (Å²) in [6.07, 6.45) is 1.68. The van der Waals surface area contributed by atoms with Crippen LogP contribution >= 0.6 is 0 Å². The first-order valence-electron chi connectivity index (χ1n) is 10.2. The van der Waals surface area contributed by atoms with Crippen molar-refractivity contribution in [1.82, 2.24) is 4.90 Å².